The van der Waals surface area contributed by atoms with E-state index in [4.69, 9.17) is 4.74 Å². The van der Waals surface area contributed by atoms with Crippen molar-refractivity contribution in [2.75, 3.05) is 7.11 Å². The highest BCUT2D eigenvalue weighted by atomic mass is 16.5. The summed E-state index contributed by atoms with van der Waals surface area (Å²) in [4.78, 5) is 0. The fourth-order valence-electron chi connectivity index (χ4n) is 3.30. The van der Waals surface area contributed by atoms with Gasteiger partial charge in [0.1, 0.15) is 5.75 Å². The Balaban J connectivity index is 1.69. The molecule has 118 valence electrons. The number of aromatic nitrogens is 4. The Hall–Kier alpha value is -2.56. The number of hydrogen-bond acceptors (Lipinski definition) is 3. The van der Waals surface area contributed by atoms with E-state index in [2.05, 4.69) is 33.5 Å². The molecule has 2 aromatic heterocycles. The molecule has 0 radical (unpaired) electrons. The lowest BCUT2D eigenvalue weighted by atomic mass is 9.92. The second-order valence-electron chi connectivity index (χ2n) is 6.28. The number of aromatic amines is 1. The van der Waals surface area contributed by atoms with Crippen molar-refractivity contribution in [2.24, 2.45) is 7.05 Å². The second-order valence-corrected chi connectivity index (χ2v) is 6.28. The summed E-state index contributed by atoms with van der Waals surface area (Å²) in [5.41, 5.74) is 5.62. The van der Waals surface area contributed by atoms with Gasteiger partial charge in [-0.15, -0.1) is 0 Å². The molecule has 1 aromatic carbocycles. The molecule has 1 N–H and O–H groups in total. The Bertz CT molecular complexity index is 840. The molecule has 1 aliphatic rings. The molecule has 1 aliphatic carbocycles. The average molecular weight is 308 g/mol. The number of benzene rings is 1. The van der Waals surface area contributed by atoms with Crippen LogP contribution in [0.3, 0.4) is 0 Å². The predicted octanol–water partition coefficient (Wildman–Crippen LogP) is 3.21. The van der Waals surface area contributed by atoms with Crippen LogP contribution in [-0.4, -0.2) is 27.1 Å². The van der Waals surface area contributed by atoms with Crippen molar-refractivity contribution in [3.05, 3.63) is 53.5 Å². The van der Waals surface area contributed by atoms with Crippen LogP contribution in [0.5, 0.6) is 5.75 Å². The Morgan fingerprint density at radius 2 is 1.96 bits per heavy atom. The summed E-state index contributed by atoms with van der Waals surface area (Å²) in [7, 11) is 3.63. The summed E-state index contributed by atoms with van der Waals surface area (Å²) in [6, 6.07) is 10.5. The van der Waals surface area contributed by atoms with Crippen LogP contribution in [0, 0.1) is 6.92 Å². The lowest BCUT2D eigenvalue weighted by molar-refractivity contribution is 0.414. The van der Waals surface area contributed by atoms with Gasteiger partial charge in [-0.3, -0.25) is 9.78 Å². The number of rotatable bonds is 4. The summed E-state index contributed by atoms with van der Waals surface area (Å²) in [5, 5.41) is 12.2. The normalized spacial score (nSPS) is 15.6. The van der Waals surface area contributed by atoms with Crippen molar-refractivity contribution in [1.29, 1.82) is 0 Å². The monoisotopic (exact) mass is 308 g/mol. The topological polar surface area (TPSA) is 55.7 Å². The minimum Gasteiger partial charge on any atom is -0.497 e. The van der Waals surface area contributed by atoms with Crippen LogP contribution in [0.1, 0.15) is 29.8 Å². The highest BCUT2D eigenvalue weighted by molar-refractivity contribution is 5.62. The number of aryl methyl sites for hydroxylation is 2. The molecule has 0 bridgehead atoms. The molecule has 0 aliphatic heterocycles. The number of methoxy groups -OCH3 is 1. The van der Waals surface area contributed by atoms with E-state index in [9.17, 15) is 0 Å². The highest BCUT2D eigenvalue weighted by Gasteiger charge is 2.47. The fraction of sp³-hybridized carbons (Fsp3) is 0.333. The average Bonchev–Trinajstić information content (AvgIpc) is 3.09. The number of nitrogens with zero attached hydrogens (tertiary/aromatic N) is 3. The smallest absolute Gasteiger partial charge is 0.118 e. The third kappa shape index (κ3) is 2.23. The molecular weight excluding hydrogens is 288 g/mol. The van der Waals surface area contributed by atoms with Gasteiger partial charge in [-0.05, 0) is 43.5 Å². The van der Waals surface area contributed by atoms with Crippen LogP contribution in [0.15, 0.2) is 36.5 Å². The Kier molecular flexibility index (Phi) is 3.04. The molecule has 5 heteroatoms. The minimum atomic E-state index is 0.0770. The maximum atomic E-state index is 5.26. The highest BCUT2D eigenvalue weighted by Crippen LogP contribution is 2.53. The summed E-state index contributed by atoms with van der Waals surface area (Å²) in [5.74, 6) is 0.890. The van der Waals surface area contributed by atoms with Gasteiger partial charge in [0.2, 0.25) is 0 Å². The van der Waals surface area contributed by atoms with Crippen molar-refractivity contribution in [3.63, 3.8) is 0 Å². The van der Waals surface area contributed by atoms with Gasteiger partial charge in [-0.1, -0.05) is 12.1 Å². The molecule has 0 unspecified atom stereocenters. The standard InChI is InChI=1S/C18H20N4O/c1-12-15(11-22(2)21-12)16-10-17(20-19-16)18(8-9-18)13-4-6-14(23-3)7-5-13/h4-7,10-11H,8-9H2,1-3H3,(H,19,20). The molecule has 2 heterocycles. The Morgan fingerprint density at radius 3 is 2.52 bits per heavy atom. The fourth-order valence-corrected chi connectivity index (χ4v) is 3.30. The first-order chi connectivity index (χ1) is 11.1. The number of hydrogen-bond donors (Lipinski definition) is 1. The largest absolute Gasteiger partial charge is 0.497 e. The third-order valence-electron chi connectivity index (χ3n) is 4.78. The molecule has 1 saturated carbocycles. The summed E-state index contributed by atoms with van der Waals surface area (Å²) in [6.45, 7) is 2.01. The van der Waals surface area contributed by atoms with E-state index in [1.807, 2.05) is 37.0 Å². The quantitative estimate of drug-likeness (QED) is 0.805. The predicted molar refractivity (Wildman–Crippen MR) is 88.5 cm³/mol. The zero-order valence-corrected chi connectivity index (χ0v) is 13.6. The van der Waals surface area contributed by atoms with Gasteiger partial charge >= 0.3 is 0 Å². The Morgan fingerprint density at radius 1 is 1.22 bits per heavy atom. The molecule has 0 atom stereocenters. The molecular formula is C18H20N4O. The van der Waals surface area contributed by atoms with Crippen LogP contribution in [0.2, 0.25) is 0 Å². The number of H-pyrrole nitrogens is 1. The van der Waals surface area contributed by atoms with Crippen molar-refractivity contribution in [3.8, 4) is 17.0 Å². The van der Waals surface area contributed by atoms with Gasteiger partial charge in [0.15, 0.2) is 0 Å². The SMILES string of the molecule is COc1ccc(C2(c3cc(-c4cn(C)nc4C)n[nH]3)CC2)cc1. The van der Waals surface area contributed by atoms with E-state index < -0.39 is 0 Å². The van der Waals surface area contributed by atoms with E-state index >= 15 is 0 Å². The minimum absolute atomic E-state index is 0.0770. The van der Waals surface area contributed by atoms with E-state index in [0.717, 1.165) is 35.5 Å². The van der Waals surface area contributed by atoms with Gasteiger partial charge < -0.3 is 4.74 Å². The van der Waals surface area contributed by atoms with Gasteiger partial charge in [0, 0.05) is 29.9 Å². The van der Waals surface area contributed by atoms with Crippen LogP contribution >= 0.6 is 0 Å². The molecule has 4 rings (SSSR count). The van der Waals surface area contributed by atoms with Gasteiger partial charge in [0.25, 0.3) is 0 Å². The van der Waals surface area contributed by atoms with Crippen molar-refractivity contribution in [2.45, 2.75) is 25.2 Å². The van der Waals surface area contributed by atoms with Crippen LogP contribution < -0.4 is 4.74 Å². The van der Waals surface area contributed by atoms with Crippen molar-refractivity contribution < 1.29 is 4.74 Å². The molecule has 23 heavy (non-hydrogen) atoms. The molecule has 5 nitrogen and oxygen atoms in total. The summed E-state index contributed by atoms with van der Waals surface area (Å²) >= 11 is 0. The first-order valence-corrected chi connectivity index (χ1v) is 7.83. The zero-order chi connectivity index (χ0) is 16.0. The molecule has 0 amide bonds. The van der Waals surface area contributed by atoms with Gasteiger partial charge in [-0.2, -0.15) is 10.2 Å². The lowest BCUT2D eigenvalue weighted by Crippen LogP contribution is -2.09. The summed E-state index contributed by atoms with van der Waals surface area (Å²) in [6.07, 6.45) is 4.31. The first kappa shape index (κ1) is 14.1. The van der Waals surface area contributed by atoms with Crippen LogP contribution in [0.4, 0.5) is 0 Å². The molecule has 1 fully saturated rings. The van der Waals surface area contributed by atoms with Gasteiger partial charge in [-0.25, -0.2) is 0 Å². The van der Waals surface area contributed by atoms with E-state index in [0.29, 0.717) is 0 Å². The van der Waals surface area contributed by atoms with E-state index in [-0.39, 0.29) is 5.41 Å². The zero-order valence-electron chi connectivity index (χ0n) is 13.6. The first-order valence-electron chi connectivity index (χ1n) is 7.83. The van der Waals surface area contributed by atoms with E-state index in [1.165, 1.54) is 11.3 Å². The molecule has 0 saturated heterocycles. The van der Waals surface area contributed by atoms with Crippen molar-refractivity contribution in [1.82, 2.24) is 20.0 Å². The Labute approximate surface area is 135 Å². The summed E-state index contributed by atoms with van der Waals surface area (Å²) < 4.78 is 7.08. The lowest BCUT2D eigenvalue weighted by Gasteiger charge is -2.14. The van der Waals surface area contributed by atoms with E-state index in [1.54, 1.807) is 7.11 Å². The molecule has 3 aromatic rings. The number of ether oxygens (including phenoxy) is 1. The second kappa shape index (κ2) is 4.98. The maximum absolute atomic E-state index is 5.26. The maximum Gasteiger partial charge on any atom is 0.118 e. The van der Waals surface area contributed by atoms with Gasteiger partial charge in [0.05, 0.1) is 18.5 Å². The molecule has 0 spiro atoms. The van der Waals surface area contributed by atoms with Crippen LogP contribution in [-0.2, 0) is 12.5 Å². The van der Waals surface area contributed by atoms with Crippen LogP contribution in [0.25, 0.3) is 11.3 Å². The third-order valence-corrected chi connectivity index (χ3v) is 4.78. The van der Waals surface area contributed by atoms with Crippen molar-refractivity contribution >= 4 is 0 Å². The number of nitrogens with one attached hydrogen (secondary N) is 1.